The van der Waals surface area contributed by atoms with Gasteiger partial charge in [-0.25, -0.2) is 4.98 Å². The molecular formula is C24H30N6O2. The average molecular weight is 435 g/mol. The Labute approximate surface area is 188 Å². The van der Waals surface area contributed by atoms with E-state index in [1.807, 2.05) is 43.9 Å². The number of piperazine rings is 1. The van der Waals surface area contributed by atoms with E-state index in [4.69, 9.17) is 9.51 Å². The molecular weight excluding hydrogens is 404 g/mol. The lowest BCUT2D eigenvalue weighted by atomic mass is 10.1. The predicted molar refractivity (Wildman–Crippen MR) is 124 cm³/mol. The van der Waals surface area contributed by atoms with E-state index in [9.17, 15) is 4.79 Å². The van der Waals surface area contributed by atoms with Gasteiger partial charge in [0.2, 0.25) is 11.9 Å². The molecule has 3 heterocycles. The van der Waals surface area contributed by atoms with Gasteiger partial charge >= 0.3 is 0 Å². The summed E-state index contributed by atoms with van der Waals surface area (Å²) < 4.78 is 5.20. The summed E-state index contributed by atoms with van der Waals surface area (Å²) in [5.41, 5.74) is 5.02. The zero-order valence-electron chi connectivity index (χ0n) is 19.2. The number of carbonyl (C=O) groups excluding carboxylic acids is 1. The van der Waals surface area contributed by atoms with Gasteiger partial charge in [-0.2, -0.15) is 4.98 Å². The lowest BCUT2D eigenvalue weighted by molar-refractivity contribution is -0.131. The van der Waals surface area contributed by atoms with Gasteiger partial charge in [0.05, 0.1) is 5.69 Å². The Balaban J connectivity index is 1.35. The highest BCUT2D eigenvalue weighted by molar-refractivity contribution is 5.76. The molecule has 0 aliphatic carbocycles. The molecule has 1 aliphatic heterocycles. The number of rotatable bonds is 6. The summed E-state index contributed by atoms with van der Waals surface area (Å²) in [5, 5.41) is 7.33. The summed E-state index contributed by atoms with van der Waals surface area (Å²) in [6.07, 6.45) is 1.13. The number of nitrogens with zero attached hydrogens (tertiary/aromatic N) is 5. The van der Waals surface area contributed by atoms with Crippen molar-refractivity contribution in [2.45, 2.75) is 40.5 Å². The van der Waals surface area contributed by atoms with Crippen LogP contribution in [0.2, 0.25) is 0 Å². The summed E-state index contributed by atoms with van der Waals surface area (Å²) >= 11 is 0. The van der Waals surface area contributed by atoms with E-state index >= 15 is 0 Å². The van der Waals surface area contributed by atoms with Crippen LogP contribution in [-0.4, -0.2) is 52.1 Å². The van der Waals surface area contributed by atoms with Crippen LogP contribution < -0.4 is 10.2 Å². The van der Waals surface area contributed by atoms with Crippen molar-refractivity contribution in [3.05, 3.63) is 58.6 Å². The Kier molecular flexibility index (Phi) is 6.39. The molecule has 8 nitrogen and oxygen atoms in total. The van der Waals surface area contributed by atoms with Crippen LogP contribution in [0.3, 0.4) is 0 Å². The number of nitrogens with one attached hydrogen (secondary N) is 1. The Bertz CT molecular complexity index is 1060. The minimum atomic E-state index is 0.163. The van der Waals surface area contributed by atoms with E-state index < -0.39 is 0 Å². The van der Waals surface area contributed by atoms with Crippen molar-refractivity contribution in [1.82, 2.24) is 20.0 Å². The summed E-state index contributed by atoms with van der Waals surface area (Å²) in [6, 6.07) is 10.2. The molecule has 8 heteroatoms. The van der Waals surface area contributed by atoms with E-state index in [0.29, 0.717) is 45.0 Å². The smallest absolute Gasteiger partial charge is 0.227 e. The molecule has 1 saturated heterocycles. The van der Waals surface area contributed by atoms with Crippen LogP contribution in [0.25, 0.3) is 0 Å². The van der Waals surface area contributed by atoms with Crippen LogP contribution in [0.5, 0.6) is 0 Å². The second-order valence-corrected chi connectivity index (χ2v) is 8.36. The molecule has 1 fully saturated rings. The van der Waals surface area contributed by atoms with Crippen LogP contribution in [0.4, 0.5) is 17.5 Å². The summed E-state index contributed by atoms with van der Waals surface area (Å²) in [7, 11) is 0. The van der Waals surface area contributed by atoms with Crippen molar-refractivity contribution in [2.24, 2.45) is 0 Å². The Morgan fingerprint density at radius 2 is 1.75 bits per heavy atom. The van der Waals surface area contributed by atoms with E-state index in [1.54, 1.807) is 0 Å². The topological polar surface area (TPSA) is 87.4 Å². The highest BCUT2D eigenvalue weighted by Gasteiger charge is 2.23. The van der Waals surface area contributed by atoms with Crippen molar-refractivity contribution in [3.63, 3.8) is 0 Å². The first-order valence-electron chi connectivity index (χ1n) is 11.0. The summed E-state index contributed by atoms with van der Waals surface area (Å²) in [5.74, 6) is 2.43. The zero-order valence-corrected chi connectivity index (χ0v) is 19.2. The molecule has 0 spiro atoms. The SMILES string of the molecule is Cc1ccc(Nc2cc(C)nc(N3CCN(C(=O)CCc4c(C)noc4C)CC3)n2)cc1. The molecule has 2 aromatic heterocycles. The number of benzene rings is 1. The van der Waals surface area contributed by atoms with Crippen molar-refractivity contribution >= 4 is 23.4 Å². The molecule has 3 aromatic rings. The third-order valence-electron chi connectivity index (χ3n) is 5.85. The fourth-order valence-electron chi connectivity index (χ4n) is 3.95. The molecule has 1 aromatic carbocycles. The predicted octanol–water partition coefficient (Wildman–Crippen LogP) is 3.72. The number of hydrogen-bond acceptors (Lipinski definition) is 7. The second kappa shape index (κ2) is 9.38. The number of hydrogen-bond donors (Lipinski definition) is 1. The molecule has 168 valence electrons. The largest absolute Gasteiger partial charge is 0.361 e. The van der Waals surface area contributed by atoms with Gasteiger partial charge in [0.25, 0.3) is 0 Å². The maximum atomic E-state index is 12.7. The van der Waals surface area contributed by atoms with Gasteiger partial charge in [-0.3, -0.25) is 4.79 Å². The fraction of sp³-hybridized carbons (Fsp3) is 0.417. The van der Waals surface area contributed by atoms with Crippen LogP contribution in [0.15, 0.2) is 34.9 Å². The van der Waals surface area contributed by atoms with Gasteiger partial charge in [-0.15, -0.1) is 0 Å². The summed E-state index contributed by atoms with van der Waals surface area (Å²) in [6.45, 7) is 10.6. The van der Waals surface area contributed by atoms with Crippen LogP contribution in [-0.2, 0) is 11.2 Å². The van der Waals surface area contributed by atoms with E-state index in [-0.39, 0.29) is 5.91 Å². The third kappa shape index (κ3) is 5.07. The van der Waals surface area contributed by atoms with E-state index in [0.717, 1.165) is 34.2 Å². The van der Waals surface area contributed by atoms with E-state index in [2.05, 4.69) is 39.4 Å². The first kappa shape index (κ1) is 21.8. The molecule has 0 unspecified atom stereocenters. The van der Waals surface area contributed by atoms with Crippen molar-refractivity contribution in [1.29, 1.82) is 0 Å². The maximum Gasteiger partial charge on any atom is 0.227 e. The number of amides is 1. The molecule has 1 aliphatic rings. The lowest BCUT2D eigenvalue weighted by Crippen LogP contribution is -2.49. The van der Waals surface area contributed by atoms with Gasteiger partial charge in [-0.1, -0.05) is 22.9 Å². The summed E-state index contributed by atoms with van der Waals surface area (Å²) in [4.78, 5) is 26.1. The van der Waals surface area contributed by atoms with Gasteiger partial charge in [0.15, 0.2) is 0 Å². The number of aryl methyl sites for hydroxylation is 4. The highest BCUT2D eigenvalue weighted by atomic mass is 16.5. The molecule has 32 heavy (non-hydrogen) atoms. The zero-order chi connectivity index (χ0) is 22.7. The maximum absolute atomic E-state index is 12.7. The van der Waals surface area contributed by atoms with Crippen molar-refractivity contribution in [2.75, 3.05) is 36.4 Å². The van der Waals surface area contributed by atoms with E-state index in [1.165, 1.54) is 5.56 Å². The molecule has 4 rings (SSSR count). The molecule has 0 atom stereocenters. The molecule has 1 amide bonds. The Morgan fingerprint density at radius 3 is 2.41 bits per heavy atom. The second-order valence-electron chi connectivity index (χ2n) is 8.36. The molecule has 0 saturated carbocycles. The van der Waals surface area contributed by atoms with Crippen molar-refractivity contribution in [3.8, 4) is 0 Å². The number of aromatic nitrogens is 3. The fourth-order valence-corrected chi connectivity index (χ4v) is 3.95. The van der Waals surface area contributed by atoms with Gasteiger partial charge in [0.1, 0.15) is 11.6 Å². The Hall–Kier alpha value is -3.42. The van der Waals surface area contributed by atoms with Crippen LogP contribution in [0.1, 0.15) is 34.7 Å². The minimum Gasteiger partial charge on any atom is -0.361 e. The monoisotopic (exact) mass is 434 g/mol. The van der Waals surface area contributed by atoms with Gasteiger partial charge < -0.3 is 19.6 Å². The first-order chi connectivity index (χ1) is 15.4. The van der Waals surface area contributed by atoms with Crippen LogP contribution in [0, 0.1) is 27.7 Å². The number of anilines is 3. The number of carbonyl (C=O) groups is 1. The standard InChI is InChI=1S/C24H30N6O2/c1-16-5-7-20(8-6-16)26-22-15-17(2)25-24(27-22)30-13-11-29(12-14-30)23(31)10-9-21-18(3)28-32-19(21)4/h5-8,15H,9-14H2,1-4H3,(H,25,26,27). The molecule has 0 bridgehead atoms. The highest BCUT2D eigenvalue weighted by Crippen LogP contribution is 2.21. The van der Waals surface area contributed by atoms with Crippen LogP contribution >= 0.6 is 0 Å². The third-order valence-corrected chi connectivity index (χ3v) is 5.85. The van der Waals surface area contributed by atoms with Gasteiger partial charge in [0, 0.05) is 55.6 Å². The van der Waals surface area contributed by atoms with Gasteiger partial charge in [-0.05, 0) is 46.2 Å². The minimum absolute atomic E-state index is 0.163. The average Bonchev–Trinajstić information content (AvgIpc) is 3.10. The molecule has 1 N–H and O–H groups in total. The lowest BCUT2D eigenvalue weighted by Gasteiger charge is -2.35. The Morgan fingerprint density at radius 1 is 1.03 bits per heavy atom. The quantitative estimate of drug-likeness (QED) is 0.633. The first-order valence-corrected chi connectivity index (χ1v) is 11.0. The normalized spacial score (nSPS) is 14.0. The molecule has 0 radical (unpaired) electrons. The van der Waals surface area contributed by atoms with Crippen molar-refractivity contribution < 1.29 is 9.32 Å².